The van der Waals surface area contributed by atoms with E-state index in [9.17, 15) is 0 Å². The quantitative estimate of drug-likeness (QED) is 0.368. The van der Waals surface area contributed by atoms with Crippen LogP contribution in [0.1, 0.15) is 80.0 Å². The largest absolute Gasteiger partial charge is 0.340 e. The van der Waals surface area contributed by atoms with Gasteiger partial charge in [-0.3, -0.25) is 4.99 Å². The molecule has 2 aromatic carbocycles. The first-order chi connectivity index (χ1) is 15.3. The molecule has 1 aromatic heterocycles. The molecule has 0 bridgehead atoms. The van der Waals surface area contributed by atoms with Crippen molar-refractivity contribution in [1.82, 2.24) is 4.98 Å². The van der Waals surface area contributed by atoms with Crippen LogP contribution in [-0.2, 0) is 12.8 Å². The van der Waals surface area contributed by atoms with E-state index in [2.05, 4.69) is 109 Å². The van der Waals surface area contributed by atoms with Crippen LogP contribution in [0.4, 0.5) is 17.2 Å². The molecule has 3 heteroatoms. The molecule has 0 aliphatic rings. The normalized spacial score (nSPS) is 11.7. The van der Waals surface area contributed by atoms with Gasteiger partial charge in [0.05, 0.1) is 5.69 Å². The average Bonchev–Trinajstić information content (AvgIpc) is 2.76. The molecule has 0 fully saturated rings. The maximum absolute atomic E-state index is 4.96. The molecule has 0 radical (unpaired) electrons. The van der Waals surface area contributed by atoms with Crippen LogP contribution in [0.5, 0.6) is 0 Å². The van der Waals surface area contributed by atoms with Crippen molar-refractivity contribution in [3.05, 3.63) is 82.0 Å². The van der Waals surface area contributed by atoms with E-state index in [0.717, 1.165) is 35.7 Å². The van der Waals surface area contributed by atoms with E-state index in [-0.39, 0.29) is 0 Å². The molecule has 0 aliphatic carbocycles. The number of benzene rings is 2. The first-order valence-corrected chi connectivity index (χ1v) is 11.8. The van der Waals surface area contributed by atoms with Crippen molar-refractivity contribution in [2.75, 3.05) is 5.32 Å². The van der Waals surface area contributed by atoms with E-state index in [0.29, 0.717) is 11.8 Å². The number of aliphatic imine (C=N–C) groups is 1. The molecule has 3 aromatic rings. The predicted octanol–water partition coefficient (Wildman–Crippen LogP) is 8.20. The lowest BCUT2D eigenvalue weighted by atomic mass is 9.93. The van der Waals surface area contributed by atoms with Gasteiger partial charge >= 0.3 is 0 Å². The van der Waals surface area contributed by atoms with Crippen LogP contribution in [0.15, 0.2) is 53.5 Å². The number of pyridine rings is 1. The number of nitrogens with zero attached hydrogens (tertiary/aromatic N) is 2. The Morgan fingerprint density at radius 1 is 0.875 bits per heavy atom. The highest BCUT2D eigenvalue weighted by Crippen LogP contribution is 2.34. The van der Waals surface area contributed by atoms with E-state index in [4.69, 9.17) is 9.98 Å². The molecular weight excluding hydrogens is 390 g/mol. The Hall–Kier alpha value is -2.94. The molecule has 0 aliphatic heterocycles. The lowest BCUT2D eigenvalue weighted by Crippen LogP contribution is -2.03. The lowest BCUT2D eigenvalue weighted by molar-refractivity contribution is 0.835. The summed E-state index contributed by atoms with van der Waals surface area (Å²) in [4.78, 5) is 9.88. The molecule has 1 N–H and O–H groups in total. The minimum Gasteiger partial charge on any atom is -0.340 e. The summed E-state index contributed by atoms with van der Waals surface area (Å²) < 4.78 is 0. The number of hydrogen-bond acceptors (Lipinski definition) is 3. The number of para-hydroxylation sites is 2. The second kappa shape index (κ2) is 10.6. The van der Waals surface area contributed by atoms with Gasteiger partial charge in [-0.2, -0.15) is 0 Å². The minimum atomic E-state index is 0.448. The number of aryl methyl sites for hydroxylation is 3. The second-order valence-corrected chi connectivity index (χ2v) is 9.16. The second-order valence-electron chi connectivity index (χ2n) is 9.16. The zero-order valence-corrected chi connectivity index (χ0v) is 20.7. The minimum absolute atomic E-state index is 0.448. The smallest absolute Gasteiger partial charge is 0.130 e. The van der Waals surface area contributed by atoms with Gasteiger partial charge in [0, 0.05) is 24.0 Å². The Labute approximate surface area is 194 Å². The van der Waals surface area contributed by atoms with Crippen LogP contribution in [0.2, 0.25) is 0 Å². The van der Waals surface area contributed by atoms with Gasteiger partial charge in [0.15, 0.2) is 0 Å². The van der Waals surface area contributed by atoms with E-state index in [1.54, 1.807) is 0 Å². The number of anilines is 2. The van der Waals surface area contributed by atoms with E-state index in [1.165, 1.54) is 27.8 Å². The fourth-order valence-electron chi connectivity index (χ4n) is 4.13. The average molecular weight is 428 g/mol. The van der Waals surface area contributed by atoms with Crippen molar-refractivity contribution in [3.63, 3.8) is 0 Å². The molecule has 32 heavy (non-hydrogen) atoms. The predicted molar refractivity (Wildman–Crippen MR) is 139 cm³/mol. The fourth-order valence-corrected chi connectivity index (χ4v) is 4.13. The molecule has 0 unspecified atom stereocenters. The molecule has 0 atom stereocenters. The molecule has 3 rings (SSSR count). The highest BCUT2D eigenvalue weighted by atomic mass is 15.0. The maximum Gasteiger partial charge on any atom is 0.130 e. The summed E-state index contributed by atoms with van der Waals surface area (Å²) in [6, 6.07) is 17.2. The van der Waals surface area contributed by atoms with Crippen molar-refractivity contribution in [3.8, 4) is 0 Å². The topological polar surface area (TPSA) is 37.3 Å². The van der Waals surface area contributed by atoms with Crippen LogP contribution < -0.4 is 5.32 Å². The highest BCUT2D eigenvalue weighted by Gasteiger charge is 2.13. The van der Waals surface area contributed by atoms with E-state index in [1.807, 2.05) is 0 Å². The zero-order valence-electron chi connectivity index (χ0n) is 20.7. The van der Waals surface area contributed by atoms with Crippen LogP contribution in [0, 0.1) is 13.8 Å². The summed E-state index contributed by atoms with van der Waals surface area (Å²) in [6.07, 6.45) is 3.73. The molecular formula is C29H37N3. The molecule has 0 spiro atoms. The van der Waals surface area contributed by atoms with Crippen molar-refractivity contribution in [1.29, 1.82) is 0 Å². The van der Waals surface area contributed by atoms with Crippen LogP contribution in [0.25, 0.3) is 0 Å². The number of aromatic nitrogens is 1. The summed E-state index contributed by atoms with van der Waals surface area (Å²) in [5.74, 6) is 1.79. The number of nitrogens with one attached hydrogen (secondary N) is 1. The third-order valence-corrected chi connectivity index (χ3v) is 6.01. The van der Waals surface area contributed by atoms with Crippen molar-refractivity contribution >= 4 is 23.4 Å². The molecule has 1 heterocycles. The third-order valence-electron chi connectivity index (χ3n) is 6.01. The SMILES string of the molecule is CCc1nc(Nc2c(C)cccc2C)ccc1CC=Nc1c(C(C)C)cccc1C(C)C. The summed E-state index contributed by atoms with van der Waals surface area (Å²) >= 11 is 0. The van der Waals surface area contributed by atoms with Crippen LogP contribution >= 0.6 is 0 Å². The van der Waals surface area contributed by atoms with Gasteiger partial charge in [-0.25, -0.2) is 4.98 Å². The van der Waals surface area contributed by atoms with Gasteiger partial charge in [-0.15, -0.1) is 0 Å². The molecule has 0 saturated heterocycles. The zero-order chi connectivity index (χ0) is 23.3. The Morgan fingerprint density at radius 3 is 2.03 bits per heavy atom. The maximum atomic E-state index is 4.96. The monoisotopic (exact) mass is 427 g/mol. The van der Waals surface area contributed by atoms with Crippen molar-refractivity contribution < 1.29 is 0 Å². The summed E-state index contributed by atoms with van der Waals surface area (Å²) in [7, 11) is 0. The molecule has 0 saturated carbocycles. The summed E-state index contributed by atoms with van der Waals surface area (Å²) in [6.45, 7) is 15.4. The first-order valence-electron chi connectivity index (χ1n) is 11.8. The number of hydrogen-bond donors (Lipinski definition) is 1. The van der Waals surface area contributed by atoms with Gasteiger partial charge in [0.2, 0.25) is 0 Å². The first kappa shape index (κ1) is 23.7. The fraction of sp³-hybridized carbons (Fsp3) is 0.379. The Morgan fingerprint density at radius 2 is 1.47 bits per heavy atom. The Kier molecular flexibility index (Phi) is 7.84. The standard InChI is InChI=1S/C29H37N3/c1-8-26-23(15-16-27(31-26)32-28-21(6)11-9-12-22(28)7)17-18-30-29-24(19(2)3)13-10-14-25(29)20(4)5/h9-16,18-20H,8,17H2,1-7H3,(H,31,32). The molecule has 3 nitrogen and oxygen atoms in total. The number of rotatable bonds is 8. The Bertz CT molecular complexity index is 1050. The summed E-state index contributed by atoms with van der Waals surface area (Å²) in [5, 5.41) is 3.52. The van der Waals surface area contributed by atoms with Crippen LogP contribution in [0.3, 0.4) is 0 Å². The summed E-state index contributed by atoms with van der Waals surface area (Å²) in [5.41, 5.74) is 9.71. The lowest BCUT2D eigenvalue weighted by Gasteiger charge is -2.16. The molecule has 0 amide bonds. The van der Waals surface area contributed by atoms with Crippen molar-refractivity contribution in [2.24, 2.45) is 4.99 Å². The third kappa shape index (κ3) is 5.45. The van der Waals surface area contributed by atoms with Crippen molar-refractivity contribution in [2.45, 2.75) is 73.1 Å². The Balaban J connectivity index is 1.84. The highest BCUT2D eigenvalue weighted by molar-refractivity contribution is 5.71. The van der Waals surface area contributed by atoms with E-state index >= 15 is 0 Å². The van der Waals surface area contributed by atoms with Crippen LogP contribution in [-0.4, -0.2) is 11.2 Å². The van der Waals surface area contributed by atoms with Gasteiger partial charge < -0.3 is 5.32 Å². The molecule has 168 valence electrons. The van der Waals surface area contributed by atoms with E-state index < -0.39 is 0 Å². The van der Waals surface area contributed by atoms with Gasteiger partial charge in [-0.05, 0) is 66.0 Å². The van der Waals surface area contributed by atoms with Gasteiger partial charge in [0.25, 0.3) is 0 Å². The van der Waals surface area contributed by atoms with Gasteiger partial charge in [0.1, 0.15) is 5.82 Å². The van der Waals surface area contributed by atoms with Gasteiger partial charge in [-0.1, -0.05) is 77.1 Å².